The van der Waals surface area contributed by atoms with Crippen molar-refractivity contribution in [3.63, 3.8) is 0 Å². The Kier molecular flexibility index (Phi) is 1.82. The summed E-state index contributed by atoms with van der Waals surface area (Å²) < 4.78 is 0. The third-order valence-corrected chi connectivity index (χ3v) is 1.06. The number of hydrogen-bond donors (Lipinski definition) is 2. The molecule has 0 saturated carbocycles. The van der Waals surface area contributed by atoms with E-state index in [1.54, 1.807) is 13.0 Å². The van der Waals surface area contributed by atoms with Gasteiger partial charge in [0.1, 0.15) is 12.4 Å². The normalized spacial score (nSPS) is 9.80. The van der Waals surface area contributed by atoms with Gasteiger partial charge in [0.2, 0.25) is 0 Å². The van der Waals surface area contributed by atoms with Gasteiger partial charge >= 0.3 is 0 Å². The number of aromatic nitrogens is 2. The zero-order valence-electron chi connectivity index (χ0n) is 5.70. The van der Waals surface area contributed by atoms with Crippen molar-refractivity contribution in [2.24, 2.45) is 0 Å². The van der Waals surface area contributed by atoms with E-state index in [2.05, 4.69) is 9.97 Å². The summed E-state index contributed by atoms with van der Waals surface area (Å²) in [7, 11) is 0. The molecule has 0 bridgehead atoms. The number of nitrogen functional groups attached to an aromatic ring is 1. The second-order valence-corrected chi connectivity index (χ2v) is 2.01. The van der Waals surface area contributed by atoms with Gasteiger partial charge in [-0.1, -0.05) is 0 Å². The summed E-state index contributed by atoms with van der Waals surface area (Å²) in [6.07, 6.45) is 0. The summed E-state index contributed by atoms with van der Waals surface area (Å²) in [5.74, 6) is 0.772. The fourth-order valence-corrected chi connectivity index (χ4v) is 0.727. The van der Waals surface area contributed by atoms with Gasteiger partial charge in [-0.2, -0.15) is 0 Å². The minimum atomic E-state index is -0.161. The van der Waals surface area contributed by atoms with Crippen LogP contribution < -0.4 is 5.73 Å². The summed E-state index contributed by atoms with van der Waals surface area (Å²) in [5.41, 5.74) is 6.15. The van der Waals surface area contributed by atoms with Crippen molar-refractivity contribution in [1.29, 1.82) is 0 Å². The third-order valence-electron chi connectivity index (χ3n) is 1.06. The summed E-state index contributed by atoms with van der Waals surface area (Å²) in [6.45, 7) is 1.64. The van der Waals surface area contributed by atoms with Gasteiger partial charge in [-0.05, 0) is 6.92 Å². The maximum atomic E-state index is 8.61. The largest absolute Gasteiger partial charge is 0.388 e. The van der Waals surface area contributed by atoms with E-state index in [1.165, 1.54) is 0 Å². The first-order chi connectivity index (χ1) is 4.72. The molecule has 0 amide bonds. The number of rotatable bonds is 1. The Morgan fingerprint density at radius 2 is 2.30 bits per heavy atom. The number of aliphatic hydroxyl groups is 1. The van der Waals surface area contributed by atoms with E-state index in [0.29, 0.717) is 11.6 Å². The van der Waals surface area contributed by atoms with E-state index in [0.717, 1.165) is 5.69 Å². The Bertz CT molecular complexity index is 216. The molecule has 0 fully saturated rings. The number of nitrogens with zero attached hydrogens (tertiary/aromatic N) is 2. The molecule has 0 aliphatic carbocycles. The first kappa shape index (κ1) is 6.95. The first-order valence-electron chi connectivity index (χ1n) is 2.93. The summed E-state index contributed by atoms with van der Waals surface area (Å²) in [5, 5.41) is 8.61. The highest BCUT2D eigenvalue weighted by Crippen LogP contribution is 2.00. The fourth-order valence-electron chi connectivity index (χ4n) is 0.727. The Morgan fingerprint density at radius 1 is 1.60 bits per heavy atom. The summed E-state index contributed by atoms with van der Waals surface area (Å²) in [4.78, 5) is 7.68. The van der Waals surface area contributed by atoms with E-state index in [4.69, 9.17) is 10.8 Å². The minimum Gasteiger partial charge on any atom is -0.388 e. The second kappa shape index (κ2) is 2.62. The molecular formula is C6H9N3O. The van der Waals surface area contributed by atoms with Gasteiger partial charge in [0.05, 0.1) is 0 Å². The SMILES string of the molecule is Cc1cc(N)nc(CO)n1. The zero-order chi connectivity index (χ0) is 7.56. The van der Waals surface area contributed by atoms with E-state index in [9.17, 15) is 0 Å². The van der Waals surface area contributed by atoms with Crippen LogP contribution in [-0.4, -0.2) is 15.1 Å². The lowest BCUT2D eigenvalue weighted by atomic mass is 10.4. The predicted octanol–water partition coefficient (Wildman–Crippen LogP) is -0.140. The molecule has 4 heteroatoms. The molecule has 54 valence electrons. The van der Waals surface area contributed by atoms with E-state index < -0.39 is 0 Å². The van der Waals surface area contributed by atoms with Gasteiger partial charge in [0.25, 0.3) is 0 Å². The van der Waals surface area contributed by atoms with Crippen LogP contribution in [-0.2, 0) is 6.61 Å². The van der Waals surface area contributed by atoms with Crippen LogP contribution in [0.1, 0.15) is 11.5 Å². The number of nitrogens with two attached hydrogens (primary N) is 1. The molecule has 4 nitrogen and oxygen atoms in total. The quantitative estimate of drug-likeness (QED) is 0.568. The molecule has 0 aliphatic rings. The molecule has 10 heavy (non-hydrogen) atoms. The van der Waals surface area contributed by atoms with Crippen LogP contribution in [0.15, 0.2) is 6.07 Å². The zero-order valence-corrected chi connectivity index (χ0v) is 5.70. The van der Waals surface area contributed by atoms with Crippen molar-refractivity contribution >= 4 is 5.82 Å². The molecular weight excluding hydrogens is 130 g/mol. The average molecular weight is 139 g/mol. The van der Waals surface area contributed by atoms with Gasteiger partial charge in [0.15, 0.2) is 5.82 Å². The van der Waals surface area contributed by atoms with Gasteiger partial charge in [0, 0.05) is 11.8 Å². The van der Waals surface area contributed by atoms with Crippen molar-refractivity contribution in [3.8, 4) is 0 Å². The van der Waals surface area contributed by atoms with Gasteiger partial charge in [-0.15, -0.1) is 0 Å². The standard InChI is InChI=1S/C6H9N3O/c1-4-2-5(7)9-6(3-10)8-4/h2,10H,3H2,1H3,(H2,7,8,9). The molecule has 1 heterocycles. The number of aryl methyl sites for hydroxylation is 1. The molecule has 0 spiro atoms. The van der Waals surface area contributed by atoms with Crippen LogP contribution >= 0.6 is 0 Å². The molecule has 1 aromatic rings. The summed E-state index contributed by atoms with van der Waals surface area (Å²) in [6, 6.07) is 1.65. The molecule has 0 aliphatic heterocycles. The van der Waals surface area contributed by atoms with Crippen LogP contribution in [0.3, 0.4) is 0 Å². The van der Waals surface area contributed by atoms with Crippen LogP contribution in [0.4, 0.5) is 5.82 Å². The molecule has 1 rings (SSSR count). The topological polar surface area (TPSA) is 72.0 Å². The highest BCUT2D eigenvalue weighted by Gasteiger charge is 1.95. The lowest BCUT2D eigenvalue weighted by Gasteiger charge is -1.97. The Labute approximate surface area is 58.7 Å². The molecule has 0 radical (unpaired) electrons. The molecule has 0 atom stereocenters. The van der Waals surface area contributed by atoms with Crippen molar-refractivity contribution in [2.75, 3.05) is 5.73 Å². The fraction of sp³-hybridized carbons (Fsp3) is 0.333. The Morgan fingerprint density at radius 3 is 2.80 bits per heavy atom. The van der Waals surface area contributed by atoms with Crippen LogP contribution in [0.5, 0.6) is 0 Å². The van der Waals surface area contributed by atoms with Crippen LogP contribution in [0.25, 0.3) is 0 Å². The number of hydrogen-bond acceptors (Lipinski definition) is 4. The Hall–Kier alpha value is -1.16. The minimum absolute atomic E-state index is 0.161. The molecule has 0 saturated heterocycles. The smallest absolute Gasteiger partial charge is 0.156 e. The van der Waals surface area contributed by atoms with E-state index in [1.807, 2.05) is 0 Å². The summed E-state index contributed by atoms with van der Waals surface area (Å²) >= 11 is 0. The lowest BCUT2D eigenvalue weighted by molar-refractivity contribution is 0.271. The van der Waals surface area contributed by atoms with Crippen LogP contribution in [0.2, 0.25) is 0 Å². The van der Waals surface area contributed by atoms with Crippen molar-refractivity contribution < 1.29 is 5.11 Å². The maximum absolute atomic E-state index is 8.61. The van der Waals surface area contributed by atoms with E-state index >= 15 is 0 Å². The van der Waals surface area contributed by atoms with Crippen molar-refractivity contribution in [3.05, 3.63) is 17.6 Å². The van der Waals surface area contributed by atoms with Crippen LogP contribution in [0, 0.1) is 6.92 Å². The monoisotopic (exact) mass is 139 g/mol. The number of aliphatic hydroxyl groups excluding tert-OH is 1. The maximum Gasteiger partial charge on any atom is 0.156 e. The van der Waals surface area contributed by atoms with Gasteiger partial charge in [-0.25, -0.2) is 9.97 Å². The highest BCUT2D eigenvalue weighted by molar-refractivity contribution is 5.28. The highest BCUT2D eigenvalue weighted by atomic mass is 16.3. The molecule has 1 aromatic heterocycles. The van der Waals surface area contributed by atoms with Gasteiger partial charge < -0.3 is 10.8 Å². The van der Waals surface area contributed by atoms with Crippen molar-refractivity contribution in [1.82, 2.24) is 9.97 Å². The Balaban J connectivity index is 3.06. The second-order valence-electron chi connectivity index (χ2n) is 2.01. The van der Waals surface area contributed by atoms with Crippen molar-refractivity contribution in [2.45, 2.75) is 13.5 Å². The van der Waals surface area contributed by atoms with Gasteiger partial charge in [-0.3, -0.25) is 0 Å². The number of anilines is 1. The third kappa shape index (κ3) is 1.41. The molecule has 3 N–H and O–H groups in total. The molecule has 0 aromatic carbocycles. The molecule has 0 unspecified atom stereocenters. The first-order valence-corrected chi connectivity index (χ1v) is 2.93. The average Bonchev–Trinajstić information content (AvgIpc) is 1.85. The lowest BCUT2D eigenvalue weighted by Crippen LogP contribution is -2.00. The predicted molar refractivity (Wildman–Crippen MR) is 37.1 cm³/mol. The van der Waals surface area contributed by atoms with E-state index in [-0.39, 0.29) is 6.61 Å².